The van der Waals surface area contributed by atoms with E-state index in [1.165, 1.54) is 17.0 Å². The molecule has 1 atom stereocenters. The third-order valence-electron chi connectivity index (χ3n) is 8.14. The van der Waals surface area contributed by atoms with Gasteiger partial charge in [-0.15, -0.1) is 0 Å². The molecule has 0 bridgehead atoms. The average Bonchev–Trinajstić information content (AvgIpc) is 3.13. The number of amides is 2. The number of para-hydroxylation sites is 1. The summed E-state index contributed by atoms with van der Waals surface area (Å²) in [7, 11) is -4.23. The van der Waals surface area contributed by atoms with Crippen LogP contribution in [0.15, 0.2) is 144 Å². The van der Waals surface area contributed by atoms with Gasteiger partial charge < -0.3 is 15.0 Å². The molecule has 0 aliphatic heterocycles. The first kappa shape index (κ1) is 35.9. The fourth-order valence-electron chi connectivity index (χ4n) is 5.43. The Hall–Kier alpha value is -5.41. The molecular weight excluding hydrogens is 647 g/mol. The Labute approximate surface area is 295 Å². The number of hydrogen-bond donors (Lipinski definition) is 1. The molecule has 0 saturated carbocycles. The summed E-state index contributed by atoms with van der Waals surface area (Å²) < 4.78 is 35.8. The van der Waals surface area contributed by atoms with Crippen molar-refractivity contribution in [1.29, 1.82) is 0 Å². The molecule has 0 unspecified atom stereocenters. The molecule has 0 aromatic heterocycles. The molecule has 0 radical (unpaired) electrons. The molecular formula is C41H43N3O5S. The van der Waals surface area contributed by atoms with Crippen LogP contribution in [0, 0.1) is 12.8 Å². The van der Waals surface area contributed by atoms with Crippen molar-refractivity contribution in [3.8, 4) is 11.5 Å². The van der Waals surface area contributed by atoms with Gasteiger partial charge in [0, 0.05) is 19.5 Å². The van der Waals surface area contributed by atoms with Crippen molar-refractivity contribution in [2.24, 2.45) is 5.92 Å². The molecule has 0 aliphatic carbocycles. The third kappa shape index (κ3) is 9.60. The topological polar surface area (TPSA) is 96.0 Å². The number of rotatable bonds is 15. The lowest BCUT2D eigenvalue weighted by atomic mass is 10.0. The molecule has 50 heavy (non-hydrogen) atoms. The zero-order valence-electron chi connectivity index (χ0n) is 28.6. The summed E-state index contributed by atoms with van der Waals surface area (Å²) in [4.78, 5) is 30.1. The Kier molecular flexibility index (Phi) is 12.1. The van der Waals surface area contributed by atoms with Crippen molar-refractivity contribution in [3.63, 3.8) is 0 Å². The molecule has 5 aromatic carbocycles. The minimum Gasteiger partial charge on any atom is -0.457 e. The number of ether oxygens (including phenoxy) is 1. The van der Waals surface area contributed by atoms with Crippen LogP contribution in [0.2, 0.25) is 0 Å². The quantitative estimate of drug-likeness (QED) is 0.124. The van der Waals surface area contributed by atoms with Gasteiger partial charge in [0.1, 0.15) is 24.1 Å². The molecule has 0 fully saturated rings. The Bertz CT molecular complexity index is 1940. The van der Waals surface area contributed by atoms with Gasteiger partial charge in [-0.1, -0.05) is 110 Å². The number of nitrogens with zero attached hydrogens (tertiary/aromatic N) is 2. The van der Waals surface area contributed by atoms with E-state index in [4.69, 9.17) is 4.74 Å². The lowest BCUT2D eigenvalue weighted by Gasteiger charge is -2.34. The second-order valence-electron chi connectivity index (χ2n) is 12.6. The maximum Gasteiger partial charge on any atom is 0.264 e. The molecule has 2 amide bonds. The molecule has 258 valence electrons. The summed E-state index contributed by atoms with van der Waals surface area (Å²) in [5, 5.41) is 3.02. The first-order valence-corrected chi connectivity index (χ1v) is 18.1. The number of aryl methyl sites for hydroxylation is 1. The van der Waals surface area contributed by atoms with Crippen molar-refractivity contribution >= 4 is 27.5 Å². The maximum atomic E-state index is 14.7. The third-order valence-corrected chi connectivity index (χ3v) is 9.93. The van der Waals surface area contributed by atoms with E-state index in [1.54, 1.807) is 36.4 Å². The van der Waals surface area contributed by atoms with Gasteiger partial charge in [-0.05, 0) is 72.5 Å². The minimum atomic E-state index is -4.23. The average molecular weight is 690 g/mol. The summed E-state index contributed by atoms with van der Waals surface area (Å²) in [6, 6.07) is 40.4. The Morgan fingerprint density at radius 2 is 1.24 bits per heavy atom. The van der Waals surface area contributed by atoms with E-state index >= 15 is 0 Å². The van der Waals surface area contributed by atoms with E-state index in [1.807, 2.05) is 112 Å². The number of carbonyl (C=O) groups excluding carboxylic acids is 2. The normalized spacial score (nSPS) is 11.8. The highest BCUT2D eigenvalue weighted by molar-refractivity contribution is 7.92. The lowest BCUT2D eigenvalue weighted by Crippen LogP contribution is -2.53. The fourth-order valence-corrected chi connectivity index (χ4v) is 6.84. The number of carbonyl (C=O) groups is 2. The van der Waals surface area contributed by atoms with Crippen LogP contribution >= 0.6 is 0 Å². The Morgan fingerprint density at radius 1 is 0.700 bits per heavy atom. The van der Waals surface area contributed by atoms with E-state index < -0.39 is 28.5 Å². The van der Waals surface area contributed by atoms with Crippen molar-refractivity contribution in [2.75, 3.05) is 17.4 Å². The van der Waals surface area contributed by atoms with Gasteiger partial charge in [-0.2, -0.15) is 0 Å². The lowest BCUT2D eigenvalue weighted by molar-refractivity contribution is -0.140. The van der Waals surface area contributed by atoms with E-state index in [2.05, 4.69) is 5.32 Å². The highest BCUT2D eigenvalue weighted by Crippen LogP contribution is 2.29. The van der Waals surface area contributed by atoms with E-state index in [0.29, 0.717) is 18.0 Å². The largest absolute Gasteiger partial charge is 0.457 e. The second kappa shape index (κ2) is 16.8. The van der Waals surface area contributed by atoms with Gasteiger partial charge in [0.25, 0.3) is 10.0 Å². The minimum absolute atomic E-state index is 0.0469. The van der Waals surface area contributed by atoms with Crippen LogP contribution in [-0.4, -0.2) is 44.3 Å². The second-order valence-corrected chi connectivity index (χ2v) is 14.4. The molecule has 0 saturated heterocycles. The van der Waals surface area contributed by atoms with Gasteiger partial charge in [0.15, 0.2) is 0 Å². The maximum absolute atomic E-state index is 14.7. The van der Waals surface area contributed by atoms with Gasteiger partial charge in [-0.25, -0.2) is 8.42 Å². The van der Waals surface area contributed by atoms with Crippen molar-refractivity contribution in [2.45, 2.75) is 44.7 Å². The first-order valence-electron chi connectivity index (χ1n) is 16.7. The smallest absolute Gasteiger partial charge is 0.264 e. The standard InChI is InChI=1S/C41H43N3O5S/c1-31(2)28-42-41(46)39(27-33-13-7-4-8-14-33)43(29-34-15-9-5-10-16-34)40(45)30-44(50(47,48)38-25-19-32(3)20-26-38)35-21-23-37(24-22-35)49-36-17-11-6-12-18-36/h4-26,31,39H,27-30H2,1-3H3,(H,42,46)/t39-/m0/s1. The fraction of sp³-hybridized carbons (Fsp3) is 0.220. The molecule has 0 aliphatic rings. The summed E-state index contributed by atoms with van der Waals surface area (Å²) in [6.45, 7) is 5.89. The molecule has 1 N–H and O–H groups in total. The molecule has 0 spiro atoms. The summed E-state index contributed by atoms with van der Waals surface area (Å²) in [6.07, 6.45) is 0.250. The number of hydrogen-bond acceptors (Lipinski definition) is 5. The zero-order valence-corrected chi connectivity index (χ0v) is 29.4. The molecule has 5 aromatic rings. The summed E-state index contributed by atoms with van der Waals surface area (Å²) in [5.41, 5.74) is 2.87. The highest BCUT2D eigenvalue weighted by atomic mass is 32.2. The highest BCUT2D eigenvalue weighted by Gasteiger charge is 2.34. The number of anilines is 1. The molecule has 0 heterocycles. The van der Waals surface area contributed by atoms with E-state index in [9.17, 15) is 18.0 Å². The van der Waals surface area contributed by atoms with Gasteiger partial charge in [0.2, 0.25) is 11.8 Å². The molecule has 9 heteroatoms. The van der Waals surface area contributed by atoms with E-state index in [-0.39, 0.29) is 35.4 Å². The van der Waals surface area contributed by atoms with Crippen molar-refractivity contribution < 1.29 is 22.7 Å². The number of nitrogens with one attached hydrogen (secondary N) is 1. The predicted octanol–water partition coefficient (Wildman–Crippen LogP) is 7.39. The molecule has 8 nitrogen and oxygen atoms in total. The zero-order chi connectivity index (χ0) is 35.5. The van der Waals surface area contributed by atoms with Crippen LogP contribution in [0.1, 0.15) is 30.5 Å². The Balaban J connectivity index is 1.54. The van der Waals surface area contributed by atoms with Gasteiger partial charge in [0.05, 0.1) is 10.6 Å². The van der Waals surface area contributed by atoms with Crippen LogP contribution in [0.3, 0.4) is 0 Å². The monoisotopic (exact) mass is 689 g/mol. The van der Waals surface area contributed by atoms with Crippen LogP contribution in [0.5, 0.6) is 11.5 Å². The van der Waals surface area contributed by atoms with Crippen molar-refractivity contribution in [3.05, 3.63) is 156 Å². The number of benzene rings is 5. The molecule has 5 rings (SSSR count). The van der Waals surface area contributed by atoms with Crippen LogP contribution in [0.4, 0.5) is 5.69 Å². The van der Waals surface area contributed by atoms with Crippen molar-refractivity contribution in [1.82, 2.24) is 10.2 Å². The van der Waals surface area contributed by atoms with Crippen LogP contribution < -0.4 is 14.4 Å². The predicted molar refractivity (Wildman–Crippen MR) is 197 cm³/mol. The first-order chi connectivity index (χ1) is 24.1. The summed E-state index contributed by atoms with van der Waals surface area (Å²) in [5.74, 6) is 0.515. The summed E-state index contributed by atoms with van der Waals surface area (Å²) >= 11 is 0. The van der Waals surface area contributed by atoms with Gasteiger partial charge in [-0.3, -0.25) is 13.9 Å². The van der Waals surface area contributed by atoms with Crippen LogP contribution in [-0.2, 0) is 32.6 Å². The van der Waals surface area contributed by atoms with Crippen LogP contribution in [0.25, 0.3) is 0 Å². The van der Waals surface area contributed by atoms with Gasteiger partial charge >= 0.3 is 0 Å². The number of sulfonamides is 1. The van der Waals surface area contributed by atoms with E-state index in [0.717, 1.165) is 21.0 Å². The Morgan fingerprint density at radius 3 is 1.82 bits per heavy atom. The SMILES string of the molecule is Cc1ccc(S(=O)(=O)N(CC(=O)N(Cc2ccccc2)[C@@H](Cc2ccccc2)C(=O)NCC(C)C)c2ccc(Oc3ccccc3)cc2)cc1.